The summed E-state index contributed by atoms with van der Waals surface area (Å²) >= 11 is 1.24. The molecule has 0 aliphatic carbocycles. The second kappa shape index (κ2) is 4.75. The normalized spacial score (nSPS) is 14.3. The fourth-order valence-corrected chi connectivity index (χ4v) is 1.74. The molecule has 80 valence electrons. The minimum Gasteiger partial charge on any atom is -0.306 e. The number of nitrogens with zero attached hydrogens (tertiary/aromatic N) is 1. The summed E-state index contributed by atoms with van der Waals surface area (Å²) in [6, 6.07) is -1.49. The predicted molar refractivity (Wildman–Crippen MR) is 49.3 cm³/mol. The number of hydrogen-bond acceptors (Lipinski definition) is 3. The van der Waals surface area contributed by atoms with Crippen LogP contribution < -0.4 is 5.32 Å². The first-order chi connectivity index (χ1) is 6.54. The Morgan fingerprint density at radius 2 is 2.29 bits per heavy atom. The maximum atomic E-state index is 12.4. The van der Waals surface area contributed by atoms with Crippen molar-refractivity contribution in [3.05, 3.63) is 16.6 Å². The minimum atomic E-state index is -4.21. The van der Waals surface area contributed by atoms with Gasteiger partial charge in [-0.25, -0.2) is 4.98 Å². The number of likely N-dealkylation sites (N-methyl/N-ethyl adjacent to an activating group) is 1. The first-order valence-electron chi connectivity index (χ1n) is 4.22. The molecule has 1 heterocycles. The van der Waals surface area contributed by atoms with Crippen LogP contribution in [0.4, 0.5) is 13.2 Å². The zero-order chi connectivity index (χ0) is 10.6. The lowest BCUT2D eigenvalue weighted by Crippen LogP contribution is -2.43. The summed E-state index contributed by atoms with van der Waals surface area (Å²) in [5.74, 6) is 0. The quantitative estimate of drug-likeness (QED) is 0.848. The van der Waals surface area contributed by atoms with Crippen LogP contribution in [-0.4, -0.2) is 23.7 Å². The Kier molecular flexibility index (Phi) is 3.88. The maximum Gasteiger partial charge on any atom is 0.404 e. The Balaban J connectivity index is 2.60. The van der Waals surface area contributed by atoms with Gasteiger partial charge in [-0.15, -0.1) is 11.3 Å². The summed E-state index contributed by atoms with van der Waals surface area (Å²) in [6.07, 6.45) is -2.78. The molecule has 1 atom stereocenters. The van der Waals surface area contributed by atoms with Crippen LogP contribution in [0.5, 0.6) is 0 Å². The second-order valence-electron chi connectivity index (χ2n) is 2.78. The fourth-order valence-electron chi connectivity index (χ4n) is 1.08. The molecule has 14 heavy (non-hydrogen) atoms. The van der Waals surface area contributed by atoms with Gasteiger partial charge in [0, 0.05) is 18.0 Å². The summed E-state index contributed by atoms with van der Waals surface area (Å²) < 4.78 is 37.2. The summed E-state index contributed by atoms with van der Waals surface area (Å²) in [6.45, 7) is 1.95. The Bertz CT molecular complexity index is 258. The molecule has 1 aromatic rings. The van der Waals surface area contributed by atoms with Crippen LogP contribution in [0.3, 0.4) is 0 Å². The first-order valence-corrected chi connectivity index (χ1v) is 5.10. The molecule has 0 bridgehead atoms. The second-order valence-corrected chi connectivity index (χ2v) is 3.76. The third kappa shape index (κ3) is 3.26. The van der Waals surface area contributed by atoms with Gasteiger partial charge in [-0.3, -0.25) is 0 Å². The number of thiazole rings is 1. The topological polar surface area (TPSA) is 24.9 Å². The van der Waals surface area contributed by atoms with Gasteiger partial charge in [-0.05, 0) is 6.54 Å². The number of hydrogen-bond donors (Lipinski definition) is 1. The van der Waals surface area contributed by atoms with Crippen LogP contribution in [0.1, 0.15) is 11.9 Å². The van der Waals surface area contributed by atoms with Crippen molar-refractivity contribution < 1.29 is 13.2 Å². The van der Waals surface area contributed by atoms with E-state index < -0.39 is 12.2 Å². The lowest BCUT2D eigenvalue weighted by Gasteiger charge is -2.19. The number of alkyl halides is 3. The van der Waals surface area contributed by atoms with E-state index in [1.165, 1.54) is 17.5 Å². The molecule has 0 fully saturated rings. The SMILES string of the molecule is CCNC(Cc1nccs1)C(F)(F)F. The third-order valence-corrected chi connectivity index (χ3v) is 2.51. The molecule has 0 saturated carbocycles. The van der Waals surface area contributed by atoms with E-state index in [1.54, 1.807) is 12.3 Å². The summed E-state index contributed by atoms with van der Waals surface area (Å²) in [7, 11) is 0. The molecule has 0 aromatic carbocycles. The number of aromatic nitrogens is 1. The number of halogens is 3. The van der Waals surface area contributed by atoms with Gasteiger partial charge in [-0.2, -0.15) is 13.2 Å². The highest BCUT2D eigenvalue weighted by Gasteiger charge is 2.39. The average Bonchev–Trinajstić information content (AvgIpc) is 2.54. The maximum absolute atomic E-state index is 12.4. The van der Waals surface area contributed by atoms with Crippen molar-refractivity contribution in [2.24, 2.45) is 0 Å². The zero-order valence-electron chi connectivity index (χ0n) is 7.64. The van der Waals surface area contributed by atoms with Gasteiger partial charge in [0.15, 0.2) is 0 Å². The molecule has 0 amide bonds. The van der Waals surface area contributed by atoms with Gasteiger partial charge in [0.05, 0.1) is 5.01 Å². The van der Waals surface area contributed by atoms with Crippen LogP contribution in [0.15, 0.2) is 11.6 Å². The van der Waals surface area contributed by atoms with Crippen molar-refractivity contribution in [1.29, 1.82) is 0 Å². The Morgan fingerprint density at radius 3 is 2.71 bits per heavy atom. The van der Waals surface area contributed by atoms with Gasteiger partial charge in [-0.1, -0.05) is 6.92 Å². The highest BCUT2D eigenvalue weighted by molar-refractivity contribution is 7.09. The first kappa shape index (κ1) is 11.5. The van der Waals surface area contributed by atoms with Crippen molar-refractivity contribution in [2.45, 2.75) is 25.6 Å². The van der Waals surface area contributed by atoms with Crippen molar-refractivity contribution in [1.82, 2.24) is 10.3 Å². The molecule has 6 heteroatoms. The van der Waals surface area contributed by atoms with Crippen LogP contribution in [-0.2, 0) is 6.42 Å². The molecule has 1 N–H and O–H groups in total. The van der Waals surface area contributed by atoms with Crippen molar-refractivity contribution in [3.8, 4) is 0 Å². The molecule has 0 aliphatic rings. The molecule has 1 aromatic heterocycles. The van der Waals surface area contributed by atoms with E-state index in [-0.39, 0.29) is 6.42 Å². The highest BCUT2D eigenvalue weighted by atomic mass is 32.1. The van der Waals surface area contributed by atoms with E-state index in [2.05, 4.69) is 10.3 Å². The van der Waals surface area contributed by atoms with E-state index in [9.17, 15) is 13.2 Å². The number of nitrogens with one attached hydrogen (secondary N) is 1. The Hall–Kier alpha value is -0.620. The molecule has 0 aliphatic heterocycles. The summed E-state index contributed by atoms with van der Waals surface area (Å²) in [4.78, 5) is 3.83. The molecular weight excluding hydrogens is 213 g/mol. The van der Waals surface area contributed by atoms with Crippen molar-refractivity contribution in [2.75, 3.05) is 6.54 Å². The molecule has 0 spiro atoms. The lowest BCUT2D eigenvalue weighted by molar-refractivity contribution is -0.155. The molecule has 0 saturated heterocycles. The van der Waals surface area contributed by atoms with Crippen LogP contribution in [0.25, 0.3) is 0 Å². The van der Waals surface area contributed by atoms with Crippen molar-refractivity contribution >= 4 is 11.3 Å². The average molecular weight is 224 g/mol. The minimum absolute atomic E-state index is 0.0883. The van der Waals surface area contributed by atoms with E-state index in [0.717, 1.165) is 0 Å². The predicted octanol–water partition coefficient (Wildman–Crippen LogP) is 2.23. The Labute approximate surface area is 84.2 Å². The Morgan fingerprint density at radius 1 is 1.57 bits per heavy atom. The molecule has 1 unspecified atom stereocenters. The van der Waals surface area contributed by atoms with E-state index >= 15 is 0 Å². The smallest absolute Gasteiger partial charge is 0.306 e. The molecule has 1 rings (SSSR count). The van der Waals surface area contributed by atoms with Gasteiger partial charge in [0.1, 0.15) is 6.04 Å². The molecular formula is C8H11F3N2S. The van der Waals surface area contributed by atoms with Gasteiger partial charge in [0.2, 0.25) is 0 Å². The third-order valence-electron chi connectivity index (χ3n) is 1.71. The largest absolute Gasteiger partial charge is 0.404 e. The molecule has 2 nitrogen and oxygen atoms in total. The van der Waals surface area contributed by atoms with Gasteiger partial charge < -0.3 is 5.32 Å². The zero-order valence-corrected chi connectivity index (χ0v) is 8.45. The highest BCUT2D eigenvalue weighted by Crippen LogP contribution is 2.23. The van der Waals surface area contributed by atoms with Crippen molar-refractivity contribution in [3.63, 3.8) is 0 Å². The van der Waals surface area contributed by atoms with E-state index in [4.69, 9.17) is 0 Å². The number of rotatable bonds is 4. The van der Waals surface area contributed by atoms with Crippen LogP contribution in [0, 0.1) is 0 Å². The monoisotopic (exact) mass is 224 g/mol. The summed E-state index contributed by atoms with van der Waals surface area (Å²) in [5.41, 5.74) is 0. The van der Waals surface area contributed by atoms with E-state index in [1.807, 2.05) is 0 Å². The fraction of sp³-hybridized carbons (Fsp3) is 0.625. The lowest BCUT2D eigenvalue weighted by atomic mass is 10.2. The van der Waals surface area contributed by atoms with E-state index in [0.29, 0.717) is 11.6 Å². The van der Waals surface area contributed by atoms with Crippen LogP contribution in [0.2, 0.25) is 0 Å². The standard InChI is InChI=1S/C8H11F3N2S/c1-2-12-6(8(9,10)11)5-7-13-3-4-14-7/h3-4,6,12H,2,5H2,1H3. The van der Waals surface area contributed by atoms with Gasteiger partial charge in [0.25, 0.3) is 0 Å². The summed E-state index contributed by atoms with van der Waals surface area (Å²) in [5, 5.41) is 4.59. The van der Waals surface area contributed by atoms with Gasteiger partial charge >= 0.3 is 6.18 Å². The van der Waals surface area contributed by atoms with Crippen LogP contribution >= 0.6 is 11.3 Å². The molecule has 0 radical (unpaired) electrons.